The van der Waals surface area contributed by atoms with Crippen molar-refractivity contribution >= 4 is 38.8 Å². The second-order valence-corrected chi connectivity index (χ2v) is 9.91. The molecule has 0 fully saturated rings. The minimum atomic E-state index is -0.0203. The summed E-state index contributed by atoms with van der Waals surface area (Å²) in [6, 6.07) is 7.70. The summed E-state index contributed by atoms with van der Waals surface area (Å²) in [5, 5.41) is 2.77. The number of hydrogen-bond donors (Lipinski definition) is 0. The van der Waals surface area contributed by atoms with E-state index in [-0.39, 0.29) is 17.9 Å². The van der Waals surface area contributed by atoms with Crippen molar-refractivity contribution in [2.24, 2.45) is 0 Å². The van der Waals surface area contributed by atoms with Crippen molar-refractivity contribution < 1.29 is 9.21 Å². The fourth-order valence-corrected chi connectivity index (χ4v) is 6.07. The van der Waals surface area contributed by atoms with E-state index < -0.39 is 0 Å². The lowest BCUT2D eigenvalue weighted by atomic mass is 9.97. The number of nitrogens with zero attached hydrogens (tertiary/aromatic N) is 3. The Bertz CT molecular complexity index is 1200. The first-order valence-electron chi connectivity index (χ1n) is 10.5. The van der Waals surface area contributed by atoms with Crippen LogP contribution in [0.5, 0.6) is 0 Å². The first kappa shape index (κ1) is 20.2. The van der Waals surface area contributed by atoms with Gasteiger partial charge in [-0.05, 0) is 54.8 Å². The van der Waals surface area contributed by atoms with Gasteiger partial charge in [-0.2, -0.15) is 0 Å². The summed E-state index contributed by atoms with van der Waals surface area (Å²) in [6.45, 7) is 1.26. The number of fused-ring (bicyclic) bond motifs is 3. The molecule has 0 unspecified atom stereocenters. The lowest BCUT2D eigenvalue weighted by Gasteiger charge is -2.21. The largest absolute Gasteiger partial charge is 0.467 e. The van der Waals surface area contributed by atoms with Crippen molar-refractivity contribution in [1.82, 2.24) is 14.5 Å². The highest BCUT2D eigenvalue weighted by Gasteiger charge is 2.21. The van der Waals surface area contributed by atoms with E-state index in [0.717, 1.165) is 40.1 Å². The van der Waals surface area contributed by atoms with Gasteiger partial charge in [0.15, 0.2) is 0 Å². The maximum Gasteiger partial charge on any atom is 0.262 e. The Hall–Kier alpha value is -2.71. The zero-order chi connectivity index (χ0) is 21.2. The SMILES string of the molecule is O=C(CCn1cnc2sc3c(c2c1=O)CCCC3)N(Cc1ccco1)Cc1cccs1. The Kier molecular flexibility index (Phi) is 5.74. The molecule has 4 heterocycles. The number of hydrogen-bond acceptors (Lipinski definition) is 6. The summed E-state index contributed by atoms with van der Waals surface area (Å²) in [4.78, 5) is 35.8. The highest BCUT2D eigenvalue weighted by Crippen LogP contribution is 2.33. The first-order valence-corrected chi connectivity index (χ1v) is 12.2. The third kappa shape index (κ3) is 4.22. The summed E-state index contributed by atoms with van der Waals surface area (Å²) < 4.78 is 7.05. The lowest BCUT2D eigenvalue weighted by molar-refractivity contribution is -0.132. The average molecular weight is 454 g/mol. The van der Waals surface area contributed by atoms with Crippen molar-refractivity contribution in [3.63, 3.8) is 0 Å². The summed E-state index contributed by atoms with van der Waals surface area (Å²) in [7, 11) is 0. The maximum atomic E-state index is 13.1. The van der Waals surface area contributed by atoms with Crippen molar-refractivity contribution in [3.8, 4) is 0 Å². The molecule has 1 aliphatic rings. The van der Waals surface area contributed by atoms with Crippen LogP contribution >= 0.6 is 22.7 Å². The Morgan fingerprint density at radius 3 is 2.90 bits per heavy atom. The van der Waals surface area contributed by atoms with Crippen LogP contribution in [-0.2, 0) is 37.3 Å². The zero-order valence-electron chi connectivity index (χ0n) is 17.1. The van der Waals surface area contributed by atoms with E-state index in [1.165, 1.54) is 16.9 Å². The van der Waals surface area contributed by atoms with Crippen molar-refractivity contribution in [1.29, 1.82) is 0 Å². The van der Waals surface area contributed by atoms with Crippen LogP contribution in [0.3, 0.4) is 0 Å². The van der Waals surface area contributed by atoms with Gasteiger partial charge in [-0.25, -0.2) is 4.98 Å². The van der Waals surface area contributed by atoms with Gasteiger partial charge in [0.2, 0.25) is 5.91 Å². The third-order valence-electron chi connectivity index (χ3n) is 5.71. The predicted molar refractivity (Wildman–Crippen MR) is 122 cm³/mol. The second kappa shape index (κ2) is 8.80. The molecule has 4 aromatic rings. The van der Waals surface area contributed by atoms with Gasteiger partial charge < -0.3 is 9.32 Å². The Labute approximate surface area is 187 Å². The van der Waals surface area contributed by atoms with Gasteiger partial charge in [0.1, 0.15) is 10.6 Å². The zero-order valence-corrected chi connectivity index (χ0v) is 18.7. The molecule has 1 amide bonds. The van der Waals surface area contributed by atoms with E-state index in [1.54, 1.807) is 44.7 Å². The standard InChI is InChI=1S/C23H23N3O3S2/c27-20(26(13-16-5-3-11-29-16)14-17-6-4-12-30-17)9-10-25-15-24-22-21(23(25)28)18-7-1-2-8-19(18)31-22/h3-6,11-12,15H,1-2,7-10,13-14H2. The monoisotopic (exact) mass is 453 g/mol. The first-order chi connectivity index (χ1) is 15.2. The fraction of sp³-hybridized carbons (Fsp3) is 0.348. The van der Waals surface area contributed by atoms with Gasteiger partial charge in [-0.15, -0.1) is 22.7 Å². The Morgan fingerprint density at radius 2 is 2.10 bits per heavy atom. The molecule has 160 valence electrons. The number of carbonyl (C=O) groups is 1. The van der Waals surface area contributed by atoms with Crippen LogP contribution in [0, 0.1) is 0 Å². The number of rotatable bonds is 7. The predicted octanol–water partition coefficient (Wildman–Crippen LogP) is 4.61. The molecule has 0 radical (unpaired) electrons. The molecule has 0 saturated carbocycles. The van der Waals surface area contributed by atoms with Crippen LogP contribution in [0.4, 0.5) is 0 Å². The van der Waals surface area contributed by atoms with Crippen molar-refractivity contribution in [3.05, 3.63) is 73.7 Å². The lowest BCUT2D eigenvalue weighted by Crippen LogP contribution is -2.31. The van der Waals surface area contributed by atoms with Crippen LogP contribution in [0.2, 0.25) is 0 Å². The fourth-order valence-electron chi connectivity index (χ4n) is 4.13. The molecule has 0 aromatic carbocycles. The smallest absolute Gasteiger partial charge is 0.262 e. The number of amides is 1. The molecule has 0 bridgehead atoms. The molecular formula is C23H23N3O3S2. The third-order valence-corrected chi connectivity index (χ3v) is 7.78. The minimum Gasteiger partial charge on any atom is -0.467 e. The van der Waals surface area contributed by atoms with Crippen LogP contribution < -0.4 is 5.56 Å². The molecule has 8 heteroatoms. The van der Waals surface area contributed by atoms with E-state index in [0.29, 0.717) is 19.6 Å². The number of aryl methyl sites for hydroxylation is 3. The number of thiophene rings is 2. The molecule has 0 atom stereocenters. The van der Waals surface area contributed by atoms with Gasteiger partial charge in [0.25, 0.3) is 5.56 Å². The molecule has 4 aromatic heterocycles. The number of carbonyl (C=O) groups excluding carboxylic acids is 1. The number of aromatic nitrogens is 2. The molecule has 0 saturated heterocycles. The maximum absolute atomic E-state index is 13.1. The van der Waals surface area contributed by atoms with E-state index in [9.17, 15) is 9.59 Å². The molecule has 31 heavy (non-hydrogen) atoms. The Morgan fingerprint density at radius 1 is 1.19 bits per heavy atom. The van der Waals surface area contributed by atoms with Crippen LogP contribution in [0.1, 0.15) is 40.3 Å². The van der Waals surface area contributed by atoms with Gasteiger partial charge in [0.05, 0.1) is 31.1 Å². The number of furan rings is 1. The molecule has 6 nitrogen and oxygen atoms in total. The summed E-state index contributed by atoms with van der Waals surface area (Å²) in [5.41, 5.74) is 1.16. The molecule has 0 aliphatic heterocycles. The molecule has 0 N–H and O–H groups in total. The minimum absolute atomic E-state index is 0.0101. The topological polar surface area (TPSA) is 68.3 Å². The molecule has 0 spiro atoms. The van der Waals surface area contributed by atoms with Crippen LogP contribution in [-0.4, -0.2) is 20.4 Å². The quantitative estimate of drug-likeness (QED) is 0.410. The van der Waals surface area contributed by atoms with E-state index in [4.69, 9.17) is 4.42 Å². The highest BCUT2D eigenvalue weighted by atomic mass is 32.1. The van der Waals surface area contributed by atoms with Gasteiger partial charge in [0, 0.05) is 22.7 Å². The Balaban J connectivity index is 1.34. The molecular weight excluding hydrogens is 430 g/mol. The van der Waals surface area contributed by atoms with Gasteiger partial charge in [-0.1, -0.05) is 6.07 Å². The van der Waals surface area contributed by atoms with Gasteiger partial charge in [-0.3, -0.25) is 14.2 Å². The van der Waals surface area contributed by atoms with E-state index in [1.807, 2.05) is 29.6 Å². The molecule has 5 rings (SSSR count). The van der Waals surface area contributed by atoms with Crippen molar-refractivity contribution in [2.75, 3.05) is 0 Å². The highest BCUT2D eigenvalue weighted by molar-refractivity contribution is 7.18. The van der Waals surface area contributed by atoms with Crippen LogP contribution in [0.25, 0.3) is 10.2 Å². The normalized spacial score (nSPS) is 13.4. The second-order valence-electron chi connectivity index (χ2n) is 7.79. The van der Waals surface area contributed by atoms with E-state index >= 15 is 0 Å². The van der Waals surface area contributed by atoms with Crippen LogP contribution in [0.15, 0.2) is 51.4 Å². The van der Waals surface area contributed by atoms with Gasteiger partial charge >= 0.3 is 0 Å². The van der Waals surface area contributed by atoms with Crippen molar-refractivity contribution in [2.45, 2.75) is 51.7 Å². The average Bonchev–Trinajstić information content (AvgIpc) is 3.53. The summed E-state index contributed by atoms with van der Waals surface area (Å²) >= 11 is 3.27. The molecule has 1 aliphatic carbocycles. The summed E-state index contributed by atoms with van der Waals surface area (Å²) in [5.74, 6) is 0.735. The summed E-state index contributed by atoms with van der Waals surface area (Å²) in [6.07, 6.45) is 7.74. The van der Waals surface area contributed by atoms with E-state index in [2.05, 4.69) is 4.98 Å².